The zero-order chi connectivity index (χ0) is 12.2. The van der Waals surface area contributed by atoms with Crippen LogP contribution in [0.2, 0.25) is 0 Å². The zero-order valence-corrected chi connectivity index (χ0v) is 8.99. The molecule has 88 valence electrons. The van der Waals surface area contributed by atoms with Crippen molar-refractivity contribution in [2.24, 2.45) is 0 Å². The molecular weight excluding hydrogens is 202 g/mol. The molecule has 0 radical (unpaired) electrons. The number of aldehydes is 1. The van der Waals surface area contributed by atoms with Crippen molar-refractivity contribution in [2.75, 3.05) is 7.05 Å². The van der Waals surface area contributed by atoms with Gasteiger partial charge in [0.1, 0.15) is 24.5 Å². The van der Waals surface area contributed by atoms with Gasteiger partial charge in [-0.2, -0.15) is 0 Å². The van der Waals surface area contributed by atoms with Gasteiger partial charge in [-0.3, -0.25) is 4.79 Å². The Hall–Kier alpha value is -0.980. The van der Waals surface area contributed by atoms with Crippen LogP contribution in [0.25, 0.3) is 0 Å². The second kappa shape index (κ2) is 5.79. The molecule has 0 bridgehead atoms. The Morgan fingerprint density at radius 1 is 1.27 bits per heavy atom. The first-order valence-corrected chi connectivity index (χ1v) is 4.55. The molecule has 0 heterocycles. The lowest BCUT2D eigenvalue weighted by molar-refractivity contribution is -0.141. The number of rotatable bonds is 5. The predicted molar refractivity (Wildman–Crippen MR) is 52.0 cm³/mol. The van der Waals surface area contributed by atoms with E-state index < -0.39 is 30.3 Å². The van der Waals surface area contributed by atoms with Crippen molar-refractivity contribution in [1.29, 1.82) is 0 Å². The lowest BCUT2D eigenvalue weighted by atomic mass is 10.0. The Labute approximate surface area is 88.1 Å². The van der Waals surface area contributed by atoms with Gasteiger partial charge in [-0.25, -0.2) is 0 Å². The minimum atomic E-state index is -1.50. The van der Waals surface area contributed by atoms with Crippen molar-refractivity contribution < 1.29 is 24.9 Å². The van der Waals surface area contributed by atoms with Crippen LogP contribution in [0.5, 0.6) is 0 Å². The molecule has 3 N–H and O–H groups in total. The summed E-state index contributed by atoms with van der Waals surface area (Å²) in [5.74, 6) is -0.413. The Morgan fingerprint density at radius 2 is 1.73 bits per heavy atom. The van der Waals surface area contributed by atoms with E-state index in [0.29, 0.717) is 6.29 Å². The van der Waals surface area contributed by atoms with Crippen molar-refractivity contribution in [3.05, 3.63) is 0 Å². The molecule has 0 rings (SSSR count). The van der Waals surface area contributed by atoms with E-state index in [1.54, 1.807) is 0 Å². The molecule has 0 aromatic carbocycles. The topological polar surface area (TPSA) is 98.1 Å². The van der Waals surface area contributed by atoms with E-state index in [9.17, 15) is 19.8 Å². The molecule has 0 unspecified atom stereocenters. The lowest BCUT2D eigenvalue weighted by Crippen LogP contribution is -2.52. The van der Waals surface area contributed by atoms with Crippen LogP contribution in [0.1, 0.15) is 13.8 Å². The quantitative estimate of drug-likeness (QED) is 0.471. The molecule has 6 nitrogen and oxygen atoms in total. The van der Waals surface area contributed by atoms with Crippen LogP contribution in [0.15, 0.2) is 0 Å². The van der Waals surface area contributed by atoms with Crippen molar-refractivity contribution in [1.82, 2.24) is 4.90 Å². The van der Waals surface area contributed by atoms with E-state index in [2.05, 4.69) is 0 Å². The summed E-state index contributed by atoms with van der Waals surface area (Å²) in [5, 5.41) is 27.9. The molecule has 0 aromatic heterocycles. The van der Waals surface area contributed by atoms with Crippen LogP contribution in [0.4, 0.5) is 0 Å². The largest absolute Gasteiger partial charge is 0.391 e. The van der Waals surface area contributed by atoms with Crippen molar-refractivity contribution >= 4 is 12.2 Å². The van der Waals surface area contributed by atoms with Gasteiger partial charge in [0.15, 0.2) is 0 Å². The van der Waals surface area contributed by atoms with Crippen molar-refractivity contribution in [2.45, 2.75) is 38.2 Å². The number of carbonyl (C=O) groups is 2. The number of amides is 1. The van der Waals surface area contributed by atoms with E-state index in [-0.39, 0.29) is 0 Å². The highest BCUT2D eigenvalue weighted by Gasteiger charge is 2.32. The molecule has 0 aliphatic carbocycles. The summed E-state index contributed by atoms with van der Waals surface area (Å²) in [4.78, 5) is 22.6. The van der Waals surface area contributed by atoms with E-state index >= 15 is 0 Å². The molecule has 4 atom stereocenters. The highest BCUT2D eigenvalue weighted by atomic mass is 16.4. The molecule has 0 aromatic rings. The number of aliphatic hydroxyl groups excluding tert-OH is 3. The predicted octanol–water partition coefficient (Wildman–Crippen LogP) is -1.87. The fraction of sp³-hybridized carbons (Fsp3) is 0.778. The van der Waals surface area contributed by atoms with Gasteiger partial charge in [-0.05, 0) is 6.92 Å². The van der Waals surface area contributed by atoms with Gasteiger partial charge in [0, 0.05) is 14.0 Å². The molecule has 0 aliphatic rings. The number of carbonyl (C=O) groups excluding carboxylic acids is 2. The highest BCUT2D eigenvalue weighted by Crippen LogP contribution is 2.08. The van der Waals surface area contributed by atoms with Crippen LogP contribution in [-0.4, -0.2) is 63.8 Å². The van der Waals surface area contributed by atoms with Crippen LogP contribution in [0.3, 0.4) is 0 Å². The van der Waals surface area contributed by atoms with Gasteiger partial charge < -0.3 is 25.0 Å². The zero-order valence-electron chi connectivity index (χ0n) is 8.99. The van der Waals surface area contributed by atoms with E-state index in [4.69, 9.17) is 5.11 Å². The molecular formula is C9H17NO5. The fourth-order valence-corrected chi connectivity index (χ4v) is 1.10. The summed E-state index contributed by atoms with van der Waals surface area (Å²) >= 11 is 0. The molecule has 0 aliphatic heterocycles. The average Bonchev–Trinajstić information content (AvgIpc) is 2.16. The minimum absolute atomic E-state index is 0.359. The summed E-state index contributed by atoms with van der Waals surface area (Å²) in [7, 11) is 1.33. The normalized spacial score (nSPS) is 18.8. The van der Waals surface area contributed by atoms with E-state index in [1.807, 2.05) is 0 Å². The van der Waals surface area contributed by atoms with Crippen molar-refractivity contribution in [3.63, 3.8) is 0 Å². The third kappa shape index (κ3) is 3.58. The molecule has 15 heavy (non-hydrogen) atoms. The molecule has 1 amide bonds. The van der Waals surface area contributed by atoms with E-state index in [1.165, 1.54) is 20.9 Å². The molecule has 6 heteroatoms. The van der Waals surface area contributed by atoms with Gasteiger partial charge in [0.05, 0.1) is 6.10 Å². The van der Waals surface area contributed by atoms with E-state index in [0.717, 1.165) is 4.90 Å². The second-order valence-electron chi connectivity index (χ2n) is 3.48. The van der Waals surface area contributed by atoms with Gasteiger partial charge >= 0.3 is 0 Å². The van der Waals surface area contributed by atoms with Crippen LogP contribution >= 0.6 is 0 Å². The van der Waals surface area contributed by atoms with Crippen LogP contribution in [-0.2, 0) is 9.59 Å². The minimum Gasteiger partial charge on any atom is -0.391 e. The number of hydrogen-bond donors (Lipinski definition) is 3. The third-order valence-electron chi connectivity index (χ3n) is 2.28. The highest BCUT2D eigenvalue weighted by molar-refractivity contribution is 5.77. The molecule has 0 saturated carbocycles. The third-order valence-corrected chi connectivity index (χ3v) is 2.28. The number of hydrogen-bond acceptors (Lipinski definition) is 5. The summed E-state index contributed by atoms with van der Waals surface area (Å²) in [6, 6.07) is -1.16. The average molecular weight is 219 g/mol. The SMILES string of the molecule is CC(=O)N(C)[C@@H](C=O)[C@@H](O)[C@@H](O)[C@@H](C)O. The second-order valence-corrected chi connectivity index (χ2v) is 3.48. The summed E-state index contributed by atoms with van der Waals surface area (Å²) < 4.78 is 0. The Kier molecular flexibility index (Phi) is 5.41. The molecule has 0 saturated heterocycles. The number of likely N-dealkylation sites (N-methyl/N-ethyl adjacent to an activating group) is 1. The standard InChI is InChI=1S/C9H17NO5/c1-5(12)8(14)9(15)7(4-11)10(3)6(2)13/h4-5,7-9,12,14-15H,1-3H3/t5-,7+,8+,9-/m1/s1. The first-order chi connectivity index (χ1) is 6.82. The Bertz CT molecular complexity index is 231. The fourth-order valence-electron chi connectivity index (χ4n) is 1.10. The summed E-state index contributed by atoms with van der Waals surface area (Å²) in [6.45, 7) is 2.52. The van der Waals surface area contributed by atoms with Crippen LogP contribution in [0, 0.1) is 0 Å². The maximum atomic E-state index is 11.0. The maximum Gasteiger partial charge on any atom is 0.219 e. The molecule has 0 fully saturated rings. The Balaban J connectivity index is 4.67. The van der Waals surface area contributed by atoms with Gasteiger partial charge in [0.2, 0.25) is 5.91 Å². The summed E-state index contributed by atoms with van der Waals surface area (Å²) in [6.07, 6.45) is -3.79. The Morgan fingerprint density at radius 3 is 2.00 bits per heavy atom. The monoisotopic (exact) mass is 219 g/mol. The first-order valence-electron chi connectivity index (χ1n) is 4.55. The smallest absolute Gasteiger partial charge is 0.219 e. The lowest BCUT2D eigenvalue weighted by Gasteiger charge is -2.30. The van der Waals surface area contributed by atoms with Gasteiger partial charge in [-0.15, -0.1) is 0 Å². The summed E-state index contributed by atoms with van der Waals surface area (Å²) in [5.41, 5.74) is 0. The number of nitrogens with zero attached hydrogens (tertiary/aromatic N) is 1. The van der Waals surface area contributed by atoms with Gasteiger partial charge in [0.25, 0.3) is 0 Å². The molecule has 0 spiro atoms. The van der Waals surface area contributed by atoms with Gasteiger partial charge in [-0.1, -0.05) is 0 Å². The first kappa shape index (κ1) is 14.0. The van der Waals surface area contributed by atoms with Crippen molar-refractivity contribution in [3.8, 4) is 0 Å². The van der Waals surface area contributed by atoms with Crippen LogP contribution < -0.4 is 0 Å². The maximum absolute atomic E-state index is 11.0. The number of aliphatic hydroxyl groups is 3.